The predicted molar refractivity (Wildman–Crippen MR) is 53.3 cm³/mol. The summed E-state index contributed by atoms with van der Waals surface area (Å²) in [6.45, 7) is 2.57. The summed E-state index contributed by atoms with van der Waals surface area (Å²) in [6.07, 6.45) is 3.92. The van der Waals surface area contributed by atoms with Gasteiger partial charge in [-0.25, -0.2) is 0 Å². The molecule has 2 nitrogen and oxygen atoms in total. The van der Waals surface area contributed by atoms with Gasteiger partial charge in [0.1, 0.15) is 18.1 Å². The fourth-order valence-electron chi connectivity index (χ4n) is 0.932. The Hall–Kier alpha value is -1.44. The maximum atomic E-state index is 5.42. The number of rotatable bonds is 4. The van der Waals surface area contributed by atoms with Gasteiger partial charge in [-0.1, -0.05) is 18.2 Å². The number of benzene rings is 1. The Balaban J connectivity index is 2.56. The summed E-state index contributed by atoms with van der Waals surface area (Å²) in [5, 5.41) is 0. The molecule has 0 spiro atoms. The highest BCUT2D eigenvalue weighted by atomic mass is 16.5. The van der Waals surface area contributed by atoms with Crippen molar-refractivity contribution in [2.75, 3.05) is 13.7 Å². The first-order valence-corrected chi connectivity index (χ1v) is 4.25. The van der Waals surface area contributed by atoms with Crippen LogP contribution in [0.1, 0.15) is 6.92 Å². The Morgan fingerprint density at radius 3 is 2.77 bits per heavy atom. The van der Waals surface area contributed by atoms with E-state index in [4.69, 9.17) is 9.47 Å². The lowest BCUT2D eigenvalue weighted by Gasteiger charge is -2.04. The van der Waals surface area contributed by atoms with Gasteiger partial charge in [-0.2, -0.15) is 0 Å². The lowest BCUT2D eigenvalue weighted by atomic mass is 10.3. The third-order valence-electron chi connectivity index (χ3n) is 1.62. The quantitative estimate of drug-likeness (QED) is 0.660. The zero-order valence-electron chi connectivity index (χ0n) is 7.99. The fourth-order valence-corrected chi connectivity index (χ4v) is 0.932. The zero-order chi connectivity index (χ0) is 9.52. The molecule has 0 bridgehead atoms. The van der Waals surface area contributed by atoms with E-state index in [-0.39, 0.29) is 0 Å². The van der Waals surface area contributed by atoms with Gasteiger partial charge < -0.3 is 9.47 Å². The Morgan fingerprint density at radius 2 is 2.08 bits per heavy atom. The molecular weight excluding hydrogens is 164 g/mol. The lowest BCUT2D eigenvalue weighted by molar-refractivity contribution is 0.356. The van der Waals surface area contributed by atoms with E-state index in [1.165, 1.54) is 0 Å². The minimum absolute atomic E-state index is 0.601. The van der Waals surface area contributed by atoms with E-state index >= 15 is 0 Å². The fraction of sp³-hybridized carbons (Fsp3) is 0.273. The van der Waals surface area contributed by atoms with Gasteiger partial charge in [-0.15, -0.1) is 0 Å². The van der Waals surface area contributed by atoms with Gasteiger partial charge in [0, 0.05) is 6.07 Å². The molecule has 70 valence electrons. The van der Waals surface area contributed by atoms with Crippen LogP contribution in [0, 0.1) is 0 Å². The minimum atomic E-state index is 0.601. The molecule has 0 fully saturated rings. The first-order valence-electron chi connectivity index (χ1n) is 4.25. The maximum Gasteiger partial charge on any atom is 0.123 e. The highest BCUT2D eigenvalue weighted by molar-refractivity contribution is 5.32. The summed E-state index contributed by atoms with van der Waals surface area (Å²) < 4.78 is 10.5. The van der Waals surface area contributed by atoms with Crippen molar-refractivity contribution in [2.45, 2.75) is 6.92 Å². The molecule has 0 saturated carbocycles. The van der Waals surface area contributed by atoms with E-state index in [2.05, 4.69) is 0 Å². The third-order valence-corrected chi connectivity index (χ3v) is 1.62. The Morgan fingerprint density at radius 1 is 1.31 bits per heavy atom. The van der Waals surface area contributed by atoms with Gasteiger partial charge in [0.05, 0.1) is 7.11 Å². The summed E-state index contributed by atoms with van der Waals surface area (Å²) >= 11 is 0. The highest BCUT2D eigenvalue weighted by Crippen LogP contribution is 2.18. The predicted octanol–water partition coefficient (Wildman–Crippen LogP) is 2.65. The van der Waals surface area contributed by atoms with Crippen molar-refractivity contribution < 1.29 is 9.47 Å². The van der Waals surface area contributed by atoms with E-state index in [1.54, 1.807) is 7.11 Å². The van der Waals surface area contributed by atoms with E-state index in [0.29, 0.717) is 6.61 Å². The molecule has 0 aromatic heterocycles. The number of ether oxygens (including phenoxy) is 2. The minimum Gasteiger partial charge on any atom is -0.497 e. The summed E-state index contributed by atoms with van der Waals surface area (Å²) in [7, 11) is 1.64. The van der Waals surface area contributed by atoms with Crippen molar-refractivity contribution in [3.8, 4) is 11.5 Å². The van der Waals surface area contributed by atoms with Crippen LogP contribution in [-0.2, 0) is 0 Å². The van der Waals surface area contributed by atoms with E-state index in [9.17, 15) is 0 Å². The van der Waals surface area contributed by atoms with Crippen molar-refractivity contribution in [2.24, 2.45) is 0 Å². The number of hydrogen-bond donors (Lipinski definition) is 0. The molecule has 0 N–H and O–H groups in total. The smallest absolute Gasteiger partial charge is 0.123 e. The Bertz CT molecular complexity index is 279. The summed E-state index contributed by atoms with van der Waals surface area (Å²) in [5.74, 6) is 1.65. The molecule has 1 aromatic rings. The van der Waals surface area contributed by atoms with Gasteiger partial charge >= 0.3 is 0 Å². The van der Waals surface area contributed by atoms with Crippen molar-refractivity contribution >= 4 is 0 Å². The molecule has 0 amide bonds. The van der Waals surface area contributed by atoms with Crippen LogP contribution in [0.15, 0.2) is 36.4 Å². The SMILES string of the molecule is C/C=C/COc1cccc(OC)c1. The standard InChI is InChI=1S/C11H14O2/c1-3-4-8-13-11-7-5-6-10(9-11)12-2/h3-7,9H,8H2,1-2H3/b4-3+. The molecule has 0 atom stereocenters. The number of methoxy groups -OCH3 is 1. The van der Waals surface area contributed by atoms with Gasteiger partial charge in [-0.3, -0.25) is 0 Å². The third kappa shape index (κ3) is 3.20. The summed E-state index contributed by atoms with van der Waals surface area (Å²) in [5.41, 5.74) is 0. The normalized spacial score (nSPS) is 10.3. The second kappa shape index (κ2) is 5.25. The van der Waals surface area contributed by atoms with Gasteiger partial charge in [0.15, 0.2) is 0 Å². The molecular formula is C11H14O2. The molecule has 1 rings (SSSR count). The van der Waals surface area contributed by atoms with Crippen LogP contribution in [0.25, 0.3) is 0 Å². The zero-order valence-corrected chi connectivity index (χ0v) is 7.99. The van der Waals surface area contributed by atoms with Crippen LogP contribution in [0.2, 0.25) is 0 Å². The van der Waals surface area contributed by atoms with Crippen molar-refractivity contribution in [1.82, 2.24) is 0 Å². The molecule has 0 saturated heterocycles. The van der Waals surface area contributed by atoms with Crippen molar-refractivity contribution in [3.63, 3.8) is 0 Å². The van der Waals surface area contributed by atoms with Crippen LogP contribution in [0.5, 0.6) is 11.5 Å². The molecule has 0 heterocycles. The Kier molecular flexibility index (Phi) is 3.89. The second-order valence-corrected chi connectivity index (χ2v) is 2.56. The van der Waals surface area contributed by atoms with Gasteiger partial charge in [-0.05, 0) is 19.1 Å². The van der Waals surface area contributed by atoms with Crippen molar-refractivity contribution in [3.05, 3.63) is 36.4 Å². The van der Waals surface area contributed by atoms with Gasteiger partial charge in [0.25, 0.3) is 0 Å². The molecule has 1 aromatic carbocycles. The maximum absolute atomic E-state index is 5.42. The van der Waals surface area contributed by atoms with Crippen LogP contribution < -0.4 is 9.47 Å². The number of allylic oxidation sites excluding steroid dienone is 1. The van der Waals surface area contributed by atoms with Crippen LogP contribution >= 0.6 is 0 Å². The molecule has 0 aliphatic carbocycles. The average Bonchev–Trinajstić information content (AvgIpc) is 2.19. The van der Waals surface area contributed by atoms with E-state index < -0.39 is 0 Å². The van der Waals surface area contributed by atoms with Crippen LogP contribution in [0.4, 0.5) is 0 Å². The summed E-state index contributed by atoms with van der Waals surface area (Å²) in [6, 6.07) is 7.57. The van der Waals surface area contributed by atoms with E-state index in [1.807, 2.05) is 43.3 Å². The first-order chi connectivity index (χ1) is 6.36. The lowest BCUT2D eigenvalue weighted by Crippen LogP contribution is -1.93. The molecule has 0 radical (unpaired) electrons. The Labute approximate surface area is 78.8 Å². The molecule has 0 unspecified atom stereocenters. The van der Waals surface area contributed by atoms with Gasteiger partial charge in [0.2, 0.25) is 0 Å². The monoisotopic (exact) mass is 178 g/mol. The van der Waals surface area contributed by atoms with Crippen LogP contribution in [-0.4, -0.2) is 13.7 Å². The molecule has 0 aliphatic rings. The largest absolute Gasteiger partial charge is 0.497 e. The number of hydrogen-bond acceptors (Lipinski definition) is 2. The summed E-state index contributed by atoms with van der Waals surface area (Å²) in [4.78, 5) is 0. The first kappa shape index (κ1) is 9.65. The van der Waals surface area contributed by atoms with E-state index in [0.717, 1.165) is 11.5 Å². The second-order valence-electron chi connectivity index (χ2n) is 2.56. The highest BCUT2D eigenvalue weighted by Gasteiger charge is 1.93. The molecule has 13 heavy (non-hydrogen) atoms. The average molecular weight is 178 g/mol. The molecule has 2 heteroatoms. The molecule has 0 aliphatic heterocycles. The van der Waals surface area contributed by atoms with Crippen LogP contribution in [0.3, 0.4) is 0 Å². The topological polar surface area (TPSA) is 18.5 Å². The van der Waals surface area contributed by atoms with Crippen molar-refractivity contribution in [1.29, 1.82) is 0 Å².